The monoisotopic (exact) mass is 284 g/mol. The number of halogens is 1. The molecule has 0 unspecified atom stereocenters. The van der Waals surface area contributed by atoms with Gasteiger partial charge in [0, 0.05) is 24.7 Å². The first-order valence-corrected chi connectivity index (χ1v) is 6.93. The topological polar surface area (TPSA) is 52.6 Å². The van der Waals surface area contributed by atoms with E-state index in [1.165, 1.54) is 0 Å². The lowest BCUT2D eigenvalue weighted by atomic mass is 10.2. The third kappa shape index (κ3) is 5.94. The van der Waals surface area contributed by atoms with Crippen molar-refractivity contribution in [2.75, 3.05) is 19.7 Å². The second-order valence-corrected chi connectivity index (χ2v) is 4.79. The number of aliphatic hydroxyl groups excluding tert-OH is 1. The zero-order valence-corrected chi connectivity index (χ0v) is 12.0. The van der Waals surface area contributed by atoms with E-state index in [9.17, 15) is 4.79 Å². The van der Waals surface area contributed by atoms with Crippen molar-refractivity contribution < 1.29 is 9.90 Å². The molecule has 2 N–H and O–H groups in total. The molecule has 0 aliphatic rings. The maximum Gasteiger partial charge on any atom is 0.317 e. The molecule has 106 valence electrons. The lowest BCUT2D eigenvalue weighted by molar-refractivity contribution is 0.176. The first-order valence-electron chi connectivity index (χ1n) is 6.55. The van der Waals surface area contributed by atoms with E-state index in [0.29, 0.717) is 24.7 Å². The molecule has 4 nitrogen and oxygen atoms in total. The van der Waals surface area contributed by atoms with Crippen LogP contribution in [0.3, 0.4) is 0 Å². The van der Waals surface area contributed by atoms with E-state index < -0.39 is 0 Å². The summed E-state index contributed by atoms with van der Waals surface area (Å²) in [7, 11) is 0. The molecule has 0 aliphatic heterocycles. The Balaban J connectivity index is 2.47. The van der Waals surface area contributed by atoms with Gasteiger partial charge in [0.1, 0.15) is 0 Å². The smallest absolute Gasteiger partial charge is 0.317 e. The third-order valence-electron chi connectivity index (χ3n) is 2.77. The van der Waals surface area contributed by atoms with Gasteiger partial charge >= 0.3 is 6.03 Å². The number of unbranched alkanes of at least 4 members (excludes halogenated alkanes) is 1. The number of hydrogen-bond donors (Lipinski definition) is 2. The maximum atomic E-state index is 12.0. The summed E-state index contributed by atoms with van der Waals surface area (Å²) in [4.78, 5) is 13.6. The number of urea groups is 1. The lowest BCUT2D eigenvalue weighted by Crippen LogP contribution is -2.41. The molecule has 0 aliphatic carbocycles. The molecule has 1 aromatic rings. The van der Waals surface area contributed by atoms with Gasteiger partial charge in [-0.05, 0) is 24.1 Å². The average Bonchev–Trinajstić information content (AvgIpc) is 2.41. The number of carbonyl (C=O) groups excluding carboxylic acids is 1. The van der Waals surface area contributed by atoms with E-state index >= 15 is 0 Å². The first-order chi connectivity index (χ1) is 9.17. The van der Waals surface area contributed by atoms with Crippen LogP contribution in [-0.2, 0) is 6.54 Å². The van der Waals surface area contributed by atoms with Crippen LogP contribution in [-0.4, -0.2) is 35.7 Å². The number of aliphatic hydroxyl groups is 1. The van der Waals surface area contributed by atoms with Crippen LogP contribution in [0, 0.1) is 0 Å². The van der Waals surface area contributed by atoms with E-state index in [-0.39, 0.29) is 12.6 Å². The van der Waals surface area contributed by atoms with Gasteiger partial charge in [-0.25, -0.2) is 4.79 Å². The number of hydrogen-bond acceptors (Lipinski definition) is 2. The van der Waals surface area contributed by atoms with Gasteiger partial charge in [-0.2, -0.15) is 0 Å². The number of nitrogens with one attached hydrogen (secondary N) is 1. The summed E-state index contributed by atoms with van der Waals surface area (Å²) in [5.41, 5.74) is 0.959. The predicted molar refractivity (Wildman–Crippen MR) is 77.3 cm³/mol. The highest BCUT2D eigenvalue weighted by atomic mass is 35.5. The Bertz CT molecular complexity index is 399. The van der Waals surface area contributed by atoms with Crippen LogP contribution in [0.2, 0.25) is 5.02 Å². The van der Waals surface area contributed by atoms with Crippen molar-refractivity contribution in [1.82, 2.24) is 10.2 Å². The molecule has 0 fully saturated rings. The second kappa shape index (κ2) is 8.77. The minimum atomic E-state index is -0.150. The van der Waals surface area contributed by atoms with Gasteiger partial charge in [0.15, 0.2) is 0 Å². The zero-order chi connectivity index (χ0) is 14.1. The number of amides is 2. The summed E-state index contributed by atoms with van der Waals surface area (Å²) in [6.45, 7) is 3.52. The summed E-state index contributed by atoms with van der Waals surface area (Å²) in [6, 6.07) is 7.24. The Morgan fingerprint density at radius 2 is 2.21 bits per heavy atom. The number of nitrogens with zero attached hydrogens (tertiary/aromatic N) is 1. The lowest BCUT2D eigenvalue weighted by Gasteiger charge is -2.22. The van der Waals surface area contributed by atoms with Crippen LogP contribution in [0.5, 0.6) is 0 Å². The standard InChI is InChI=1S/C14H21ClN2O2/c1-2-3-7-17(8-9-18)14(19)16-11-12-5-4-6-13(15)10-12/h4-6,10,18H,2-3,7-9,11H2,1H3,(H,16,19). The van der Waals surface area contributed by atoms with Crippen molar-refractivity contribution in [2.24, 2.45) is 0 Å². The third-order valence-corrected chi connectivity index (χ3v) is 3.01. The van der Waals surface area contributed by atoms with Gasteiger partial charge in [0.2, 0.25) is 0 Å². The minimum Gasteiger partial charge on any atom is -0.395 e. The van der Waals surface area contributed by atoms with E-state index in [1.54, 1.807) is 11.0 Å². The first kappa shape index (κ1) is 15.8. The fourth-order valence-corrected chi connectivity index (χ4v) is 1.93. The summed E-state index contributed by atoms with van der Waals surface area (Å²) in [5, 5.41) is 12.5. The highest BCUT2D eigenvalue weighted by molar-refractivity contribution is 6.30. The Morgan fingerprint density at radius 1 is 1.42 bits per heavy atom. The average molecular weight is 285 g/mol. The van der Waals surface area contributed by atoms with Crippen LogP contribution in [0.25, 0.3) is 0 Å². The van der Waals surface area contributed by atoms with Crippen LogP contribution in [0.4, 0.5) is 4.79 Å². The SMILES string of the molecule is CCCCN(CCO)C(=O)NCc1cccc(Cl)c1. The summed E-state index contributed by atoms with van der Waals surface area (Å²) >= 11 is 5.88. The molecule has 0 atom stereocenters. The molecule has 19 heavy (non-hydrogen) atoms. The van der Waals surface area contributed by atoms with Crippen LogP contribution in [0.1, 0.15) is 25.3 Å². The highest BCUT2D eigenvalue weighted by Crippen LogP contribution is 2.10. The number of rotatable bonds is 7. The van der Waals surface area contributed by atoms with Gasteiger partial charge in [0.05, 0.1) is 6.61 Å². The van der Waals surface area contributed by atoms with E-state index in [2.05, 4.69) is 12.2 Å². The van der Waals surface area contributed by atoms with E-state index in [0.717, 1.165) is 18.4 Å². The van der Waals surface area contributed by atoms with Crippen LogP contribution < -0.4 is 5.32 Å². The van der Waals surface area contributed by atoms with Gasteiger partial charge in [0.25, 0.3) is 0 Å². The largest absolute Gasteiger partial charge is 0.395 e. The van der Waals surface area contributed by atoms with Crippen molar-refractivity contribution in [2.45, 2.75) is 26.3 Å². The molecule has 5 heteroatoms. The molecular formula is C14H21ClN2O2. The van der Waals surface area contributed by atoms with Crippen molar-refractivity contribution in [3.8, 4) is 0 Å². The normalized spacial score (nSPS) is 10.3. The zero-order valence-electron chi connectivity index (χ0n) is 11.2. The minimum absolute atomic E-state index is 0.0195. The fraction of sp³-hybridized carbons (Fsp3) is 0.500. The summed E-state index contributed by atoms with van der Waals surface area (Å²) in [6.07, 6.45) is 1.95. The van der Waals surface area contributed by atoms with Gasteiger partial charge in [-0.3, -0.25) is 0 Å². The summed E-state index contributed by atoms with van der Waals surface area (Å²) in [5.74, 6) is 0. The Morgan fingerprint density at radius 3 is 2.84 bits per heavy atom. The van der Waals surface area contributed by atoms with Crippen molar-refractivity contribution in [1.29, 1.82) is 0 Å². The Labute approximate surface area is 119 Å². The molecule has 0 heterocycles. The Hall–Kier alpha value is -1.26. The number of benzene rings is 1. The van der Waals surface area contributed by atoms with E-state index in [1.807, 2.05) is 18.2 Å². The van der Waals surface area contributed by atoms with Gasteiger partial charge in [-0.1, -0.05) is 37.1 Å². The van der Waals surface area contributed by atoms with Crippen molar-refractivity contribution >= 4 is 17.6 Å². The number of carbonyl (C=O) groups is 1. The molecule has 1 aromatic carbocycles. The molecule has 0 saturated carbocycles. The van der Waals surface area contributed by atoms with Gasteiger partial charge < -0.3 is 15.3 Å². The highest BCUT2D eigenvalue weighted by Gasteiger charge is 2.11. The van der Waals surface area contributed by atoms with Crippen molar-refractivity contribution in [3.63, 3.8) is 0 Å². The molecule has 0 radical (unpaired) electrons. The second-order valence-electron chi connectivity index (χ2n) is 4.35. The van der Waals surface area contributed by atoms with Gasteiger partial charge in [-0.15, -0.1) is 0 Å². The predicted octanol–water partition coefficient (Wildman–Crippen LogP) is 2.64. The summed E-state index contributed by atoms with van der Waals surface area (Å²) < 4.78 is 0. The quantitative estimate of drug-likeness (QED) is 0.809. The Kier molecular flexibility index (Phi) is 7.30. The van der Waals surface area contributed by atoms with E-state index in [4.69, 9.17) is 16.7 Å². The molecular weight excluding hydrogens is 264 g/mol. The van der Waals surface area contributed by atoms with Crippen molar-refractivity contribution in [3.05, 3.63) is 34.9 Å². The molecule has 0 saturated heterocycles. The van der Waals surface area contributed by atoms with Crippen LogP contribution in [0.15, 0.2) is 24.3 Å². The molecule has 0 spiro atoms. The van der Waals surface area contributed by atoms with Crippen LogP contribution >= 0.6 is 11.6 Å². The maximum absolute atomic E-state index is 12.0. The molecule has 1 rings (SSSR count). The molecule has 0 bridgehead atoms. The fourth-order valence-electron chi connectivity index (χ4n) is 1.72. The molecule has 0 aromatic heterocycles. The molecule has 2 amide bonds.